The van der Waals surface area contributed by atoms with Crippen molar-refractivity contribution in [3.8, 4) is 33.4 Å². The monoisotopic (exact) mass is 753 g/mol. The fourth-order valence-corrected chi connectivity index (χ4v) is 9.22. The van der Waals surface area contributed by atoms with E-state index in [0.717, 1.165) is 88.8 Å². The first-order valence-electron chi connectivity index (χ1n) is 20.1. The lowest BCUT2D eigenvalue weighted by atomic mass is 9.91. The second kappa shape index (κ2) is 13.4. The third kappa shape index (κ3) is 5.36. The van der Waals surface area contributed by atoms with Gasteiger partial charge in [0.15, 0.2) is 0 Å². The van der Waals surface area contributed by atoms with E-state index < -0.39 is 0 Å². The minimum atomic E-state index is 0.845. The van der Waals surface area contributed by atoms with Gasteiger partial charge in [-0.2, -0.15) is 0 Å². The highest BCUT2D eigenvalue weighted by atomic mass is 16.3. The number of hydrogen-bond acceptors (Lipinski definition) is 3. The number of anilines is 3. The molecule has 2 aromatic heterocycles. The van der Waals surface area contributed by atoms with Crippen molar-refractivity contribution >= 4 is 82.5 Å². The zero-order chi connectivity index (χ0) is 38.9. The van der Waals surface area contributed by atoms with Crippen molar-refractivity contribution in [2.45, 2.75) is 0 Å². The minimum Gasteiger partial charge on any atom is -0.456 e. The van der Waals surface area contributed by atoms with Gasteiger partial charge in [0.2, 0.25) is 0 Å². The maximum atomic E-state index is 6.55. The molecule has 10 aromatic carbocycles. The van der Waals surface area contributed by atoms with E-state index in [1.807, 2.05) is 18.2 Å². The van der Waals surface area contributed by atoms with Crippen molar-refractivity contribution in [3.05, 3.63) is 212 Å². The van der Waals surface area contributed by atoms with Crippen LogP contribution in [0.2, 0.25) is 0 Å². The number of furan rings is 2. The van der Waals surface area contributed by atoms with Crippen LogP contribution >= 0.6 is 0 Å². The maximum absolute atomic E-state index is 6.55. The Morgan fingerprint density at radius 1 is 0.288 bits per heavy atom. The third-order valence-electron chi connectivity index (χ3n) is 11.8. The molecule has 0 saturated carbocycles. The predicted molar refractivity (Wildman–Crippen MR) is 247 cm³/mol. The maximum Gasteiger partial charge on any atom is 0.137 e. The highest BCUT2D eigenvalue weighted by Gasteiger charge is 2.24. The molecule has 0 atom stereocenters. The van der Waals surface area contributed by atoms with Gasteiger partial charge < -0.3 is 13.7 Å². The quantitative estimate of drug-likeness (QED) is 0.158. The molecule has 0 N–H and O–H groups in total. The molecule has 12 rings (SSSR count). The van der Waals surface area contributed by atoms with Crippen LogP contribution in [-0.4, -0.2) is 0 Å². The number of rotatable bonds is 6. The van der Waals surface area contributed by atoms with Gasteiger partial charge in [-0.15, -0.1) is 0 Å². The zero-order valence-corrected chi connectivity index (χ0v) is 32.0. The van der Waals surface area contributed by atoms with Gasteiger partial charge in [0.25, 0.3) is 0 Å². The largest absolute Gasteiger partial charge is 0.456 e. The summed E-state index contributed by atoms with van der Waals surface area (Å²) in [6.45, 7) is 0. The number of nitrogens with zero attached hydrogens (tertiary/aromatic N) is 1. The lowest BCUT2D eigenvalue weighted by Crippen LogP contribution is -2.12. The van der Waals surface area contributed by atoms with Gasteiger partial charge in [0, 0.05) is 27.4 Å². The third-order valence-corrected chi connectivity index (χ3v) is 11.8. The van der Waals surface area contributed by atoms with Crippen molar-refractivity contribution in [2.24, 2.45) is 0 Å². The molecule has 0 fully saturated rings. The van der Waals surface area contributed by atoms with E-state index >= 15 is 0 Å². The number of para-hydroxylation sites is 2. The Balaban J connectivity index is 1.17. The summed E-state index contributed by atoms with van der Waals surface area (Å²) in [5.41, 5.74) is 13.4. The van der Waals surface area contributed by atoms with Gasteiger partial charge in [-0.05, 0) is 104 Å². The molecular formula is C56H35NO2. The molecule has 0 aliphatic rings. The average Bonchev–Trinajstić information content (AvgIpc) is 3.88. The molecular weight excluding hydrogens is 719 g/mol. The second-order valence-corrected chi connectivity index (χ2v) is 15.2. The van der Waals surface area contributed by atoms with Gasteiger partial charge in [-0.25, -0.2) is 0 Å². The van der Waals surface area contributed by atoms with E-state index in [1.54, 1.807) is 0 Å². The summed E-state index contributed by atoms with van der Waals surface area (Å²) in [6.07, 6.45) is 0. The Morgan fingerprint density at radius 3 is 1.66 bits per heavy atom. The van der Waals surface area contributed by atoms with Crippen LogP contribution in [0, 0.1) is 0 Å². The van der Waals surface area contributed by atoms with Crippen LogP contribution in [0.15, 0.2) is 221 Å². The molecule has 59 heavy (non-hydrogen) atoms. The van der Waals surface area contributed by atoms with Crippen molar-refractivity contribution in [1.82, 2.24) is 0 Å². The lowest BCUT2D eigenvalue weighted by molar-refractivity contribution is 0.668. The molecule has 0 aliphatic carbocycles. The molecule has 0 spiro atoms. The van der Waals surface area contributed by atoms with Crippen LogP contribution in [0.5, 0.6) is 0 Å². The Kier molecular flexibility index (Phi) is 7.54. The lowest BCUT2D eigenvalue weighted by Gasteiger charge is -2.30. The van der Waals surface area contributed by atoms with E-state index in [-0.39, 0.29) is 0 Å². The molecule has 276 valence electrons. The first-order valence-corrected chi connectivity index (χ1v) is 20.1. The summed E-state index contributed by atoms with van der Waals surface area (Å²) < 4.78 is 12.9. The standard InChI is InChI=1S/C56H35NO2/c1-2-15-36(16-3-1)42-32-31-39(48-34-38-17-4-5-20-41(38)44-21-6-7-22-45(44)48)35-50(42)57(49-26-14-30-54-56(49)47-24-9-11-28-52(47)59-54)40-19-12-18-37(33-40)43-25-13-29-53-55(43)46-23-8-10-27-51(46)58-53/h1-35H. The normalized spacial score (nSPS) is 11.7. The summed E-state index contributed by atoms with van der Waals surface area (Å²) >= 11 is 0. The van der Waals surface area contributed by atoms with Gasteiger partial charge >= 0.3 is 0 Å². The summed E-state index contributed by atoms with van der Waals surface area (Å²) in [6, 6.07) is 75.9. The fraction of sp³-hybridized carbons (Fsp3) is 0. The predicted octanol–water partition coefficient (Wildman–Crippen LogP) is 16.3. The summed E-state index contributed by atoms with van der Waals surface area (Å²) in [5, 5.41) is 9.31. The highest BCUT2D eigenvalue weighted by Crippen LogP contribution is 2.49. The SMILES string of the molecule is c1ccc(-c2ccc(-c3cc4ccccc4c4ccccc34)cc2N(c2cccc(-c3cccc4oc5ccccc5c34)c2)c2cccc3oc4ccccc4c23)cc1. The molecule has 0 amide bonds. The average molecular weight is 754 g/mol. The smallest absolute Gasteiger partial charge is 0.137 e. The van der Waals surface area contributed by atoms with Crippen LogP contribution in [0.25, 0.3) is 98.8 Å². The molecule has 3 nitrogen and oxygen atoms in total. The first kappa shape index (κ1) is 33.3. The molecule has 0 unspecified atom stereocenters. The van der Waals surface area contributed by atoms with E-state index in [9.17, 15) is 0 Å². The Bertz CT molecular complexity index is 3580. The van der Waals surface area contributed by atoms with E-state index in [1.165, 1.54) is 27.1 Å². The number of fused-ring (bicyclic) bond motifs is 9. The van der Waals surface area contributed by atoms with Gasteiger partial charge in [0.1, 0.15) is 22.3 Å². The van der Waals surface area contributed by atoms with Crippen LogP contribution in [0.3, 0.4) is 0 Å². The zero-order valence-electron chi connectivity index (χ0n) is 32.0. The topological polar surface area (TPSA) is 29.5 Å². The Hall–Kier alpha value is -7.88. The van der Waals surface area contributed by atoms with E-state index in [4.69, 9.17) is 8.83 Å². The van der Waals surface area contributed by atoms with E-state index in [0.29, 0.717) is 0 Å². The van der Waals surface area contributed by atoms with Crippen molar-refractivity contribution in [3.63, 3.8) is 0 Å². The van der Waals surface area contributed by atoms with Crippen molar-refractivity contribution in [2.75, 3.05) is 4.90 Å². The molecule has 0 bridgehead atoms. The van der Waals surface area contributed by atoms with Gasteiger partial charge in [0.05, 0.1) is 16.8 Å². The number of hydrogen-bond donors (Lipinski definition) is 0. The van der Waals surface area contributed by atoms with Crippen LogP contribution in [0.4, 0.5) is 17.1 Å². The molecule has 3 heteroatoms. The first-order chi connectivity index (χ1) is 29.3. The number of benzene rings is 10. The molecule has 0 saturated heterocycles. The molecule has 2 heterocycles. The molecule has 0 aliphatic heterocycles. The molecule has 12 aromatic rings. The van der Waals surface area contributed by atoms with Gasteiger partial charge in [-0.3, -0.25) is 0 Å². The fourth-order valence-electron chi connectivity index (χ4n) is 9.22. The van der Waals surface area contributed by atoms with Crippen molar-refractivity contribution < 1.29 is 8.83 Å². The van der Waals surface area contributed by atoms with Gasteiger partial charge in [-0.1, -0.05) is 158 Å². The van der Waals surface area contributed by atoms with Crippen LogP contribution in [0.1, 0.15) is 0 Å². The van der Waals surface area contributed by atoms with Crippen LogP contribution < -0.4 is 4.90 Å². The van der Waals surface area contributed by atoms with E-state index in [2.05, 4.69) is 199 Å². The second-order valence-electron chi connectivity index (χ2n) is 15.2. The summed E-state index contributed by atoms with van der Waals surface area (Å²) in [5.74, 6) is 0. The van der Waals surface area contributed by atoms with Crippen molar-refractivity contribution in [1.29, 1.82) is 0 Å². The highest BCUT2D eigenvalue weighted by molar-refractivity contribution is 6.17. The Labute approximate surface area is 340 Å². The molecule has 0 radical (unpaired) electrons. The summed E-state index contributed by atoms with van der Waals surface area (Å²) in [7, 11) is 0. The summed E-state index contributed by atoms with van der Waals surface area (Å²) in [4.78, 5) is 2.44. The Morgan fingerprint density at radius 2 is 0.864 bits per heavy atom. The van der Waals surface area contributed by atoms with Crippen LogP contribution in [-0.2, 0) is 0 Å². The minimum absolute atomic E-state index is 0.845.